The second-order valence-electron chi connectivity index (χ2n) is 3.65. The largest absolute Gasteiger partial charge is 0.405 e. The summed E-state index contributed by atoms with van der Waals surface area (Å²) in [5, 5.41) is 12.4. The van der Waals surface area contributed by atoms with Crippen LogP contribution in [0.3, 0.4) is 0 Å². The third kappa shape index (κ3) is 7.61. The van der Waals surface area contributed by atoms with Gasteiger partial charge in [0, 0.05) is 6.54 Å². The first kappa shape index (κ1) is 13.5. The minimum Gasteiger partial charge on any atom is -0.337 e. The zero-order valence-electron chi connectivity index (χ0n) is 8.40. The van der Waals surface area contributed by atoms with E-state index in [1.165, 1.54) is 0 Å². The van der Waals surface area contributed by atoms with Crippen molar-refractivity contribution in [3.05, 3.63) is 0 Å². The molecule has 0 radical (unpaired) electrons. The molecule has 0 aromatic rings. The number of amides is 2. The lowest BCUT2D eigenvalue weighted by Crippen LogP contribution is -2.43. The summed E-state index contributed by atoms with van der Waals surface area (Å²) >= 11 is 0. The number of urea groups is 1. The Morgan fingerprint density at radius 1 is 1.27 bits per heavy atom. The molecule has 0 saturated carbocycles. The van der Waals surface area contributed by atoms with Gasteiger partial charge in [-0.2, -0.15) is 18.4 Å². The zero-order valence-corrected chi connectivity index (χ0v) is 8.40. The van der Waals surface area contributed by atoms with Crippen LogP contribution in [-0.2, 0) is 0 Å². The number of carbonyl (C=O) groups excluding carboxylic acids is 1. The van der Waals surface area contributed by atoms with Gasteiger partial charge in [-0.3, -0.25) is 0 Å². The van der Waals surface area contributed by atoms with Crippen LogP contribution in [0.2, 0.25) is 0 Å². The van der Waals surface area contributed by atoms with E-state index in [-0.39, 0.29) is 6.54 Å². The van der Waals surface area contributed by atoms with Gasteiger partial charge in [-0.05, 0) is 13.8 Å². The molecule has 0 unspecified atom stereocenters. The highest BCUT2D eigenvalue weighted by molar-refractivity contribution is 5.73. The average Bonchev–Trinajstić information content (AvgIpc) is 2.10. The van der Waals surface area contributed by atoms with Gasteiger partial charge in [0.25, 0.3) is 0 Å². The Kier molecular flexibility index (Phi) is 4.40. The zero-order chi connectivity index (χ0) is 12.1. The molecule has 0 spiro atoms. The van der Waals surface area contributed by atoms with Crippen molar-refractivity contribution >= 4 is 6.03 Å². The Hall–Kier alpha value is -1.45. The van der Waals surface area contributed by atoms with Crippen molar-refractivity contribution < 1.29 is 18.0 Å². The van der Waals surface area contributed by atoms with Gasteiger partial charge in [0.2, 0.25) is 0 Å². The number of nitrogens with zero attached hydrogens (tertiary/aromatic N) is 1. The fourth-order valence-electron chi connectivity index (χ4n) is 0.584. The summed E-state index contributed by atoms with van der Waals surface area (Å²) < 4.78 is 35.0. The van der Waals surface area contributed by atoms with Crippen molar-refractivity contribution in [2.75, 3.05) is 13.1 Å². The standard InChI is InChI=1S/C8H12F3N3O/c1-7(2,3-12)4-13-6(15)14-5-8(9,10)11/h4-5H2,1-2H3,(H2,13,14,15). The summed E-state index contributed by atoms with van der Waals surface area (Å²) in [6, 6.07) is 0.970. The van der Waals surface area contributed by atoms with Crippen molar-refractivity contribution in [1.29, 1.82) is 5.26 Å². The van der Waals surface area contributed by atoms with E-state index in [1.54, 1.807) is 19.2 Å². The first-order valence-electron chi connectivity index (χ1n) is 4.16. The molecule has 0 aromatic carbocycles. The number of carbonyl (C=O) groups is 1. The number of hydrogen-bond donors (Lipinski definition) is 2. The van der Waals surface area contributed by atoms with Gasteiger partial charge < -0.3 is 10.6 Å². The Morgan fingerprint density at radius 3 is 2.13 bits per heavy atom. The molecule has 0 rings (SSSR count). The van der Waals surface area contributed by atoms with Gasteiger partial charge in [0.05, 0.1) is 11.5 Å². The summed E-state index contributed by atoms with van der Waals surface area (Å²) in [6.07, 6.45) is -4.43. The Morgan fingerprint density at radius 2 is 1.73 bits per heavy atom. The van der Waals surface area contributed by atoms with Crippen LogP contribution in [0.4, 0.5) is 18.0 Å². The van der Waals surface area contributed by atoms with Crippen LogP contribution < -0.4 is 10.6 Å². The fourth-order valence-corrected chi connectivity index (χ4v) is 0.584. The first-order chi connectivity index (χ1) is 6.66. The first-order valence-corrected chi connectivity index (χ1v) is 4.16. The van der Waals surface area contributed by atoms with Crippen LogP contribution >= 0.6 is 0 Å². The van der Waals surface area contributed by atoms with Gasteiger partial charge in [-0.15, -0.1) is 0 Å². The maximum atomic E-state index is 11.7. The van der Waals surface area contributed by atoms with Crippen LogP contribution in [0.5, 0.6) is 0 Å². The number of hydrogen-bond acceptors (Lipinski definition) is 2. The molecule has 0 aliphatic rings. The van der Waals surface area contributed by atoms with Crippen LogP contribution in [0.25, 0.3) is 0 Å². The monoisotopic (exact) mass is 223 g/mol. The van der Waals surface area contributed by atoms with Crippen molar-refractivity contribution in [2.24, 2.45) is 5.41 Å². The number of halogens is 3. The highest BCUT2D eigenvalue weighted by Gasteiger charge is 2.28. The topological polar surface area (TPSA) is 64.9 Å². The highest BCUT2D eigenvalue weighted by Crippen LogP contribution is 2.12. The number of alkyl halides is 3. The van der Waals surface area contributed by atoms with Crippen LogP contribution in [0.1, 0.15) is 13.8 Å². The molecule has 0 fully saturated rings. The van der Waals surface area contributed by atoms with Gasteiger partial charge in [-0.1, -0.05) is 0 Å². The Balaban J connectivity index is 3.83. The van der Waals surface area contributed by atoms with E-state index in [0.29, 0.717) is 0 Å². The Bertz CT molecular complexity index is 267. The quantitative estimate of drug-likeness (QED) is 0.759. The predicted molar refractivity (Wildman–Crippen MR) is 46.9 cm³/mol. The van der Waals surface area contributed by atoms with Crippen molar-refractivity contribution in [3.8, 4) is 6.07 Å². The minimum atomic E-state index is -4.43. The molecule has 15 heavy (non-hydrogen) atoms. The highest BCUT2D eigenvalue weighted by atomic mass is 19.4. The van der Waals surface area contributed by atoms with Gasteiger partial charge in [0.1, 0.15) is 6.54 Å². The van der Waals surface area contributed by atoms with Crippen molar-refractivity contribution in [1.82, 2.24) is 10.6 Å². The maximum Gasteiger partial charge on any atom is 0.405 e. The van der Waals surface area contributed by atoms with Crippen LogP contribution in [0.15, 0.2) is 0 Å². The van der Waals surface area contributed by atoms with Crippen molar-refractivity contribution in [3.63, 3.8) is 0 Å². The lowest BCUT2D eigenvalue weighted by molar-refractivity contribution is -0.122. The molecule has 0 aliphatic carbocycles. The maximum absolute atomic E-state index is 11.7. The third-order valence-corrected chi connectivity index (χ3v) is 1.44. The lowest BCUT2D eigenvalue weighted by atomic mass is 9.96. The van der Waals surface area contributed by atoms with E-state index in [4.69, 9.17) is 5.26 Å². The molecular formula is C8H12F3N3O. The van der Waals surface area contributed by atoms with Gasteiger partial charge in [0.15, 0.2) is 0 Å². The predicted octanol–water partition coefficient (Wildman–Crippen LogP) is 1.40. The fraction of sp³-hybridized carbons (Fsp3) is 0.750. The number of nitriles is 1. The van der Waals surface area contributed by atoms with Gasteiger partial charge in [-0.25, -0.2) is 4.79 Å². The smallest absolute Gasteiger partial charge is 0.337 e. The summed E-state index contributed by atoms with van der Waals surface area (Å²) in [4.78, 5) is 10.8. The second-order valence-corrected chi connectivity index (χ2v) is 3.65. The SMILES string of the molecule is CC(C)(C#N)CNC(=O)NCC(F)(F)F. The molecule has 86 valence electrons. The van der Waals surface area contributed by atoms with E-state index in [2.05, 4.69) is 5.32 Å². The molecule has 2 amide bonds. The molecule has 0 heterocycles. The second kappa shape index (κ2) is 4.87. The molecule has 0 aromatic heterocycles. The summed E-state index contributed by atoms with van der Waals surface area (Å²) in [7, 11) is 0. The number of rotatable bonds is 3. The molecule has 0 atom stereocenters. The van der Waals surface area contributed by atoms with Gasteiger partial charge >= 0.3 is 12.2 Å². The summed E-state index contributed by atoms with van der Waals surface area (Å²) in [6.45, 7) is 1.74. The molecule has 7 heteroatoms. The van der Waals surface area contributed by atoms with E-state index in [1.807, 2.05) is 6.07 Å². The average molecular weight is 223 g/mol. The lowest BCUT2D eigenvalue weighted by Gasteiger charge is -2.16. The number of nitrogens with one attached hydrogen (secondary N) is 2. The van der Waals surface area contributed by atoms with Crippen molar-refractivity contribution in [2.45, 2.75) is 20.0 Å². The van der Waals surface area contributed by atoms with E-state index in [9.17, 15) is 18.0 Å². The molecule has 4 nitrogen and oxygen atoms in total. The molecule has 0 bridgehead atoms. The normalized spacial score (nSPS) is 11.7. The third-order valence-electron chi connectivity index (χ3n) is 1.44. The van der Waals surface area contributed by atoms with Crippen LogP contribution in [0, 0.1) is 16.7 Å². The molecule has 0 aliphatic heterocycles. The van der Waals surface area contributed by atoms with E-state index >= 15 is 0 Å². The molecule has 2 N–H and O–H groups in total. The molecular weight excluding hydrogens is 211 g/mol. The minimum absolute atomic E-state index is 0.00676. The van der Waals surface area contributed by atoms with Crippen LogP contribution in [-0.4, -0.2) is 25.3 Å². The summed E-state index contributed by atoms with van der Waals surface area (Å²) in [5.74, 6) is 0. The molecule has 0 saturated heterocycles. The summed E-state index contributed by atoms with van der Waals surface area (Å²) in [5.41, 5.74) is -0.796. The van der Waals surface area contributed by atoms with E-state index in [0.717, 1.165) is 0 Å². The van der Waals surface area contributed by atoms with E-state index < -0.39 is 24.2 Å². The Labute approximate surface area is 85.4 Å².